The fraction of sp³-hybridized carbons (Fsp3) is 0.471. The van der Waals surface area contributed by atoms with Crippen LogP contribution in [0.1, 0.15) is 31.2 Å². The predicted molar refractivity (Wildman–Crippen MR) is 86.7 cm³/mol. The van der Waals surface area contributed by atoms with Gasteiger partial charge < -0.3 is 4.57 Å². The molecule has 1 fully saturated rings. The zero-order valence-corrected chi connectivity index (χ0v) is 13.1. The van der Waals surface area contributed by atoms with Crippen LogP contribution < -0.4 is 0 Å². The van der Waals surface area contributed by atoms with Crippen LogP contribution in [0.15, 0.2) is 41.5 Å². The minimum Gasteiger partial charge on any atom is -0.337 e. The van der Waals surface area contributed by atoms with Gasteiger partial charge in [0.15, 0.2) is 0 Å². The van der Waals surface area contributed by atoms with Crippen LogP contribution >= 0.6 is 0 Å². The normalized spacial score (nSPS) is 19.4. The molecule has 1 saturated heterocycles. The molecule has 1 aromatic carbocycles. The fourth-order valence-corrected chi connectivity index (χ4v) is 3.52. The van der Waals surface area contributed by atoms with E-state index in [1.807, 2.05) is 30.9 Å². The molecule has 6 heteroatoms. The molecule has 6 nitrogen and oxygen atoms in total. The average molecular weight is 311 g/mol. The fourth-order valence-electron chi connectivity index (χ4n) is 3.52. The lowest BCUT2D eigenvalue weighted by Gasteiger charge is -2.36. The molecule has 2 aromatic heterocycles. The van der Waals surface area contributed by atoms with Gasteiger partial charge in [-0.25, -0.2) is 9.61 Å². The van der Waals surface area contributed by atoms with Crippen molar-refractivity contribution in [3.63, 3.8) is 0 Å². The van der Waals surface area contributed by atoms with Crippen molar-refractivity contribution in [3.05, 3.63) is 42.5 Å². The number of aryl methyl sites for hydroxylation is 1. The molecular weight excluding hydrogens is 290 g/mol. The summed E-state index contributed by atoms with van der Waals surface area (Å²) in [5.74, 6) is 0. The monoisotopic (exact) mass is 311 g/mol. The van der Waals surface area contributed by atoms with E-state index in [0.717, 1.165) is 37.1 Å². The van der Waals surface area contributed by atoms with Crippen LogP contribution in [0.3, 0.4) is 0 Å². The molecule has 0 radical (unpaired) electrons. The highest BCUT2D eigenvalue weighted by Gasteiger charge is 2.23. The van der Waals surface area contributed by atoms with E-state index in [1.165, 1.54) is 24.8 Å². The first-order valence-corrected chi connectivity index (χ1v) is 8.30. The number of benzene rings is 1. The molecule has 0 amide bonds. The first kappa shape index (κ1) is 14.4. The van der Waals surface area contributed by atoms with E-state index < -0.39 is 0 Å². The molecule has 3 heterocycles. The van der Waals surface area contributed by atoms with Crippen molar-refractivity contribution in [2.45, 2.75) is 44.8 Å². The number of hydrogen-bond acceptors (Lipinski definition) is 5. The third-order valence-electron chi connectivity index (χ3n) is 4.77. The van der Waals surface area contributed by atoms with Crippen molar-refractivity contribution < 1.29 is 4.63 Å². The number of aromatic nitrogens is 4. The van der Waals surface area contributed by atoms with Crippen molar-refractivity contribution in [3.8, 4) is 0 Å². The molecule has 1 aliphatic heterocycles. The van der Waals surface area contributed by atoms with Gasteiger partial charge >= 0.3 is 0 Å². The Hall–Kier alpha value is -2.21. The van der Waals surface area contributed by atoms with Gasteiger partial charge in [-0.15, -0.1) is 0 Å². The second kappa shape index (κ2) is 6.50. The van der Waals surface area contributed by atoms with Gasteiger partial charge in [-0.2, -0.15) is 0 Å². The van der Waals surface area contributed by atoms with Gasteiger partial charge in [0.05, 0.1) is 6.33 Å². The summed E-state index contributed by atoms with van der Waals surface area (Å²) in [6, 6.07) is 6.73. The van der Waals surface area contributed by atoms with Crippen LogP contribution in [0.5, 0.6) is 0 Å². The Bertz CT molecular complexity index is 751. The van der Waals surface area contributed by atoms with Gasteiger partial charge in [0.2, 0.25) is 0 Å². The van der Waals surface area contributed by atoms with E-state index in [2.05, 4.69) is 30.8 Å². The topological polar surface area (TPSA) is 60.0 Å². The van der Waals surface area contributed by atoms with Gasteiger partial charge in [-0.05, 0) is 47.8 Å². The van der Waals surface area contributed by atoms with Gasteiger partial charge in [-0.1, -0.05) is 18.6 Å². The van der Waals surface area contributed by atoms with E-state index in [1.54, 1.807) is 0 Å². The highest BCUT2D eigenvalue weighted by Crippen LogP contribution is 2.24. The van der Waals surface area contributed by atoms with Crippen molar-refractivity contribution in [1.82, 2.24) is 24.8 Å². The maximum absolute atomic E-state index is 4.89. The number of rotatable bonds is 5. The van der Waals surface area contributed by atoms with Gasteiger partial charge in [-0.3, -0.25) is 4.90 Å². The summed E-state index contributed by atoms with van der Waals surface area (Å²) in [7, 11) is 0. The lowest BCUT2D eigenvalue weighted by Crippen LogP contribution is -2.39. The third kappa shape index (κ3) is 3.12. The molecular formula is C17H21N5O. The molecule has 0 saturated carbocycles. The zero-order chi connectivity index (χ0) is 15.5. The van der Waals surface area contributed by atoms with Crippen molar-refractivity contribution in [1.29, 1.82) is 0 Å². The van der Waals surface area contributed by atoms with Gasteiger partial charge in [0, 0.05) is 31.5 Å². The molecule has 1 aliphatic rings. The summed E-state index contributed by atoms with van der Waals surface area (Å²) < 4.78 is 7.05. The molecule has 0 aliphatic carbocycles. The number of piperidine rings is 1. The van der Waals surface area contributed by atoms with Gasteiger partial charge in [0.1, 0.15) is 11.0 Å². The second-order valence-electron chi connectivity index (χ2n) is 6.26. The number of hydrogen-bond donors (Lipinski definition) is 0. The van der Waals surface area contributed by atoms with Crippen LogP contribution in [0, 0.1) is 0 Å². The minimum absolute atomic E-state index is 0.612. The molecule has 1 atom stereocenters. The van der Waals surface area contributed by atoms with Crippen LogP contribution in [0.4, 0.5) is 0 Å². The second-order valence-corrected chi connectivity index (χ2v) is 6.26. The van der Waals surface area contributed by atoms with E-state index >= 15 is 0 Å². The molecule has 3 aromatic rings. The predicted octanol–water partition coefficient (Wildman–Crippen LogP) is 2.86. The van der Waals surface area contributed by atoms with Crippen molar-refractivity contribution in [2.24, 2.45) is 0 Å². The van der Waals surface area contributed by atoms with Crippen molar-refractivity contribution in [2.75, 3.05) is 6.54 Å². The summed E-state index contributed by atoms with van der Waals surface area (Å²) in [6.45, 7) is 3.09. The highest BCUT2D eigenvalue weighted by molar-refractivity contribution is 5.76. The first-order chi connectivity index (χ1) is 11.4. The lowest BCUT2D eigenvalue weighted by atomic mass is 9.98. The Morgan fingerprint density at radius 1 is 1.22 bits per heavy atom. The Balaban J connectivity index is 1.48. The molecule has 0 bridgehead atoms. The third-order valence-corrected chi connectivity index (χ3v) is 4.77. The zero-order valence-electron chi connectivity index (χ0n) is 13.1. The Labute approximate surface area is 135 Å². The molecule has 0 N–H and O–H groups in total. The Kier molecular flexibility index (Phi) is 4.06. The molecule has 23 heavy (non-hydrogen) atoms. The quantitative estimate of drug-likeness (QED) is 0.725. The Morgan fingerprint density at radius 2 is 2.22 bits per heavy atom. The minimum atomic E-state index is 0.612. The molecule has 4 rings (SSSR count). The average Bonchev–Trinajstić information content (AvgIpc) is 3.26. The largest absolute Gasteiger partial charge is 0.337 e. The lowest BCUT2D eigenvalue weighted by molar-refractivity contribution is 0.128. The standard InChI is InChI=1S/C17H21N5O/c1-2-9-22(15(5-1)7-10-21-11-8-18-13-21)12-14-4-3-6-16-17(14)20-23-19-16/h3-4,6,8,11,13,15H,1-2,5,7,9-10,12H2/t15-/m1/s1. The summed E-state index contributed by atoms with van der Waals surface area (Å²) in [6.07, 6.45) is 10.8. The molecule has 0 unspecified atom stereocenters. The van der Waals surface area contributed by atoms with Crippen molar-refractivity contribution >= 4 is 11.0 Å². The van der Waals surface area contributed by atoms with E-state index in [-0.39, 0.29) is 0 Å². The number of nitrogens with zero attached hydrogens (tertiary/aromatic N) is 5. The summed E-state index contributed by atoms with van der Waals surface area (Å²) in [5.41, 5.74) is 2.94. The van der Waals surface area contributed by atoms with E-state index in [9.17, 15) is 0 Å². The molecule has 0 spiro atoms. The number of likely N-dealkylation sites (tertiary alicyclic amines) is 1. The summed E-state index contributed by atoms with van der Waals surface area (Å²) in [5, 5.41) is 8.02. The highest BCUT2D eigenvalue weighted by atomic mass is 16.6. The van der Waals surface area contributed by atoms with E-state index in [4.69, 9.17) is 4.63 Å². The van der Waals surface area contributed by atoms with E-state index in [0.29, 0.717) is 6.04 Å². The van der Waals surface area contributed by atoms with Crippen LogP contribution in [-0.4, -0.2) is 37.4 Å². The number of imidazole rings is 1. The number of fused-ring (bicyclic) bond motifs is 1. The Morgan fingerprint density at radius 3 is 3.13 bits per heavy atom. The summed E-state index contributed by atoms with van der Waals surface area (Å²) >= 11 is 0. The molecule has 120 valence electrons. The van der Waals surface area contributed by atoms with Crippen LogP contribution in [0.2, 0.25) is 0 Å². The maximum atomic E-state index is 4.89. The smallest absolute Gasteiger partial charge is 0.139 e. The SMILES string of the molecule is c1cc(CN2CCCC[C@@H]2CCn2ccnc2)c2nonc2c1. The van der Waals surface area contributed by atoms with Crippen LogP contribution in [-0.2, 0) is 13.1 Å². The summed E-state index contributed by atoms with van der Waals surface area (Å²) in [4.78, 5) is 6.71. The van der Waals surface area contributed by atoms with Crippen LogP contribution in [0.25, 0.3) is 11.0 Å². The van der Waals surface area contributed by atoms with Gasteiger partial charge in [0.25, 0.3) is 0 Å². The maximum Gasteiger partial charge on any atom is 0.139 e. The first-order valence-electron chi connectivity index (χ1n) is 8.30.